The van der Waals surface area contributed by atoms with Gasteiger partial charge in [0.25, 0.3) is 0 Å². The zero-order valence-electron chi connectivity index (χ0n) is 15.3. The molecule has 1 N–H and O–H groups in total. The van der Waals surface area contributed by atoms with Crippen LogP contribution in [0.5, 0.6) is 5.75 Å². The standard InChI is InChI=1S/C19H18N4O3S2/c1-27(24)9-8-26-17-13-4-3-5-16(28(2)25)12(13)6-7-14(17)18-22-15-10-20-11-21-19(15)23-18/h3-7,10-11H,8-9H2,1-2H3,(H,20,21,22,23). The number of aromatic amines is 1. The molecule has 28 heavy (non-hydrogen) atoms. The number of benzene rings is 2. The number of rotatable bonds is 6. The number of nitrogens with zero attached hydrogens (tertiary/aromatic N) is 3. The van der Waals surface area contributed by atoms with Crippen LogP contribution >= 0.6 is 0 Å². The third kappa shape index (κ3) is 3.66. The van der Waals surface area contributed by atoms with Gasteiger partial charge in [0, 0.05) is 10.8 Å². The van der Waals surface area contributed by atoms with E-state index in [2.05, 4.69) is 19.9 Å². The lowest BCUT2D eigenvalue weighted by Gasteiger charge is -2.15. The van der Waals surface area contributed by atoms with Crippen molar-refractivity contribution in [3.8, 4) is 17.1 Å². The Morgan fingerprint density at radius 2 is 1.96 bits per heavy atom. The van der Waals surface area contributed by atoms with Crippen LogP contribution in [0, 0.1) is 0 Å². The number of fused-ring (bicyclic) bond motifs is 2. The van der Waals surface area contributed by atoms with Gasteiger partial charge < -0.3 is 18.8 Å². The van der Waals surface area contributed by atoms with Crippen LogP contribution in [0.15, 0.2) is 47.8 Å². The first-order valence-electron chi connectivity index (χ1n) is 8.52. The fourth-order valence-corrected chi connectivity index (χ4v) is 4.12. The summed E-state index contributed by atoms with van der Waals surface area (Å²) in [7, 11) is 0. The molecule has 2 unspecified atom stereocenters. The number of nitrogens with one attached hydrogen (secondary N) is 1. The molecule has 0 aliphatic carbocycles. The summed E-state index contributed by atoms with van der Waals surface area (Å²) in [6.45, 7) is 0.300. The number of hydrogen-bond acceptors (Lipinski definition) is 6. The van der Waals surface area contributed by atoms with E-state index in [-0.39, 0.29) is 0 Å². The molecule has 0 bridgehead atoms. The summed E-state index contributed by atoms with van der Waals surface area (Å²) in [6, 6.07) is 9.45. The Morgan fingerprint density at radius 3 is 2.71 bits per heavy atom. The van der Waals surface area contributed by atoms with E-state index in [1.54, 1.807) is 18.7 Å². The highest BCUT2D eigenvalue weighted by Crippen LogP contribution is 2.38. The Balaban J connectivity index is 1.89. The molecule has 2 aromatic heterocycles. The molecule has 0 radical (unpaired) electrons. The summed E-state index contributed by atoms with van der Waals surface area (Å²) >= 11 is -2.10. The largest absolute Gasteiger partial charge is 0.616 e. The van der Waals surface area contributed by atoms with Gasteiger partial charge >= 0.3 is 0 Å². The van der Waals surface area contributed by atoms with E-state index >= 15 is 0 Å². The molecule has 0 aliphatic rings. The normalized spacial score (nSPS) is 13.7. The minimum atomic E-state index is -1.13. The number of imidazole rings is 1. The van der Waals surface area contributed by atoms with E-state index in [4.69, 9.17) is 4.74 Å². The lowest BCUT2D eigenvalue weighted by atomic mass is 10.0. The molecular weight excluding hydrogens is 396 g/mol. The first-order chi connectivity index (χ1) is 13.5. The second kappa shape index (κ2) is 7.96. The van der Waals surface area contributed by atoms with E-state index in [1.165, 1.54) is 6.33 Å². The number of H-pyrrole nitrogens is 1. The molecule has 0 amide bonds. The average molecular weight is 415 g/mol. The van der Waals surface area contributed by atoms with Gasteiger partial charge in [0.1, 0.15) is 42.0 Å². The molecule has 9 heteroatoms. The Hall–Kier alpha value is -2.33. The third-order valence-corrected chi connectivity index (χ3v) is 6.03. The number of hydrogen-bond donors (Lipinski definition) is 1. The van der Waals surface area contributed by atoms with E-state index in [0.29, 0.717) is 35.1 Å². The molecule has 7 nitrogen and oxygen atoms in total. The highest BCUT2D eigenvalue weighted by Gasteiger charge is 2.19. The molecule has 0 spiro atoms. The molecular formula is C19H18N4O3S2. The van der Waals surface area contributed by atoms with Gasteiger partial charge in [0.15, 0.2) is 10.5 Å². The zero-order valence-corrected chi connectivity index (χ0v) is 17.0. The average Bonchev–Trinajstić information content (AvgIpc) is 3.11. The van der Waals surface area contributed by atoms with Gasteiger partial charge in [0.05, 0.1) is 18.0 Å². The van der Waals surface area contributed by atoms with Crippen LogP contribution in [-0.2, 0) is 22.4 Å². The fourth-order valence-electron chi connectivity index (χ4n) is 3.04. The maximum absolute atomic E-state index is 12.1. The summed E-state index contributed by atoms with van der Waals surface area (Å²) in [5, 5.41) is 1.69. The molecule has 2 heterocycles. The van der Waals surface area contributed by atoms with Gasteiger partial charge in [-0.3, -0.25) is 0 Å². The third-order valence-electron chi connectivity index (χ3n) is 4.32. The van der Waals surface area contributed by atoms with Gasteiger partial charge in [-0.25, -0.2) is 15.0 Å². The molecule has 0 saturated heterocycles. The Kier molecular flexibility index (Phi) is 5.40. The molecule has 2 atom stereocenters. The SMILES string of the molecule is C[S+]([O-])CCOc1c(-c2nc3cncnc3[nH]2)ccc2c([S+](C)[O-])cccc12. The monoisotopic (exact) mass is 414 g/mol. The lowest BCUT2D eigenvalue weighted by Crippen LogP contribution is -2.12. The maximum atomic E-state index is 12.1. The Labute approximate surface area is 167 Å². The first kappa shape index (κ1) is 19.0. The smallest absolute Gasteiger partial charge is 0.161 e. The summed E-state index contributed by atoms with van der Waals surface area (Å²) in [6.07, 6.45) is 6.40. The van der Waals surface area contributed by atoms with Crippen molar-refractivity contribution in [2.75, 3.05) is 24.9 Å². The Bertz CT molecular complexity index is 1100. The minimum Gasteiger partial charge on any atom is -0.616 e. The molecule has 2 aromatic carbocycles. The van der Waals surface area contributed by atoms with Crippen molar-refractivity contribution in [2.24, 2.45) is 0 Å². The van der Waals surface area contributed by atoms with E-state index < -0.39 is 22.4 Å². The van der Waals surface area contributed by atoms with Gasteiger partial charge in [0.2, 0.25) is 0 Å². The van der Waals surface area contributed by atoms with Crippen molar-refractivity contribution in [1.82, 2.24) is 19.9 Å². The number of ether oxygens (including phenoxy) is 1. The number of aromatic nitrogens is 4. The molecule has 4 rings (SSSR count). The summed E-state index contributed by atoms with van der Waals surface area (Å²) in [4.78, 5) is 16.7. The molecule has 0 aliphatic heterocycles. The quantitative estimate of drug-likeness (QED) is 0.486. The van der Waals surface area contributed by atoms with Crippen molar-refractivity contribution >= 4 is 44.3 Å². The van der Waals surface area contributed by atoms with Gasteiger partial charge in [-0.05, 0) is 29.4 Å². The van der Waals surface area contributed by atoms with E-state index in [0.717, 1.165) is 21.2 Å². The van der Waals surface area contributed by atoms with Crippen LogP contribution < -0.4 is 4.74 Å². The second-order valence-electron chi connectivity index (χ2n) is 6.22. The van der Waals surface area contributed by atoms with Crippen LogP contribution in [0.4, 0.5) is 0 Å². The topological polar surface area (TPSA) is 110 Å². The van der Waals surface area contributed by atoms with Crippen molar-refractivity contribution < 1.29 is 13.8 Å². The Morgan fingerprint density at radius 1 is 1.11 bits per heavy atom. The van der Waals surface area contributed by atoms with Crippen LogP contribution in [0.1, 0.15) is 0 Å². The van der Waals surface area contributed by atoms with Crippen molar-refractivity contribution in [1.29, 1.82) is 0 Å². The second-order valence-corrected chi connectivity index (χ2v) is 9.12. The molecule has 0 saturated carbocycles. The van der Waals surface area contributed by atoms with Crippen LogP contribution in [-0.4, -0.2) is 53.9 Å². The van der Waals surface area contributed by atoms with Crippen molar-refractivity contribution in [2.45, 2.75) is 4.90 Å². The van der Waals surface area contributed by atoms with Crippen LogP contribution in [0.25, 0.3) is 33.3 Å². The molecule has 144 valence electrons. The predicted molar refractivity (Wildman–Crippen MR) is 111 cm³/mol. The zero-order chi connectivity index (χ0) is 19.7. The van der Waals surface area contributed by atoms with E-state index in [9.17, 15) is 9.11 Å². The fraction of sp³-hybridized carbons (Fsp3) is 0.211. The van der Waals surface area contributed by atoms with Crippen LogP contribution in [0.2, 0.25) is 0 Å². The minimum absolute atomic E-state index is 0.300. The van der Waals surface area contributed by atoms with Crippen molar-refractivity contribution in [3.63, 3.8) is 0 Å². The summed E-state index contributed by atoms with van der Waals surface area (Å²) in [5.41, 5.74) is 2.04. The predicted octanol–water partition coefficient (Wildman–Crippen LogP) is 2.67. The molecule has 0 fully saturated rings. The molecule has 4 aromatic rings. The lowest BCUT2D eigenvalue weighted by molar-refractivity contribution is 0.346. The van der Waals surface area contributed by atoms with Gasteiger partial charge in [-0.1, -0.05) is 23.3 Å². The first-order valence-corrected chi connectivity index (χ1v) is 11.8. The highest BCUT2D eigenvalue weighted by molar-refractivity contribution is 7.91. The summed E-state index contributed by atoms with van der Waals surface area (Å²) < 4.78 is 29.7. The highest BCUT2D eigenvalue weighted by atomic mass is 32.2. The van der Waals surface area contributed by atoms with E-state index in [1.807, 2.05) is 30.3 Å². The van der Waals surface area contributed by atoms with Crippen molar-refractivity contribution in [3.05, 3.63) is 42.9 Å². The maximum Gasteiger partial charge on any atom is 0.161 e. The van der Waals surface area contributed by atoms with Gasteiger partial charge in [-0.2, -0.15) is 0 Å². The van der Waals surface area contributed by atoms with Crippen LogP contribution in [0.3, 0.4) is 0 Å². The van der Waals surface area contributed by atoms with Gasteiger partial charge in [-0.15, -0.1) is 0 Å². The summed E-state index contributed by atoms with van der Waals surface area (Å²) in [5.74, 6) is 1.64.